The number of benzene rings is 1. The van der Waals surface area contributed by atoms with Crippen LogP contribution in [0.4, 0.5) is 0 Å². The minimum absolute atomic E-state index is 0.0266. The first kappa shape index (κ1) is 24.4. The van der Waals surface area contributed by atoms with E-state index in [-0.39, 0.29) is 18.1 Å². The average molecular weight is 419 g/mol. The standard InChI is InChI=1S/C22H34BNO6/c1-13-15(11-24-12-17(25)28-20(3,4)5)10-16(19(26)27)14(2)18(13)23-29-21(6,7)22(8,9)30-23/h10,24H,11-12H2,1-9H3,(H,26,27). The molecule has 1 heterocycles. The average Bonchev–Trinajstić information content (AvgIpc) is 2.75. The second-order valence-electron chi connectivity index (χ2n) is 9.83. The molecule has 0 radical (unpaired) electrons. The Morgan fingerprint density at radius 1 is 1.10 bits per heavy atom. The summed E-state index contributed by atoms with van der Waals surface area (Å²) in [6, 6.07) is 1.64. The Morgan fingerprint density at radius 3 is 2.10 bits per heavy atom. The van der Waals surface area contributed by atoms with Crippen molar-refractivity contribution in [3.05, 3.63) is 28.3 Å². The number of carbonyl (C=O) groups excluding carboxylic acids is 1. The summed E-state index contributed by atoms with van der Waals surface area (Å²) in [4.78, 5) is 23.8. The maximum atomic E-state index is 12.0. The first-order valence-corrected chi connectivity index (χ1v) is 10.2. The second-order valence-corrected chi connectivity index (χ2v) is 9.83. The zero-order chi connectivity index (χ0) is 23.1. The van der Waals surface area contributed by atoms with E-state index in [1.54, 1.807) is 13.0 Å². The van der Waals surface area contributed by atoms with Gasteiger partial charge in [0.15, 0.2) is 0 Å². The highest BCUT2D eigenvalue weighted by molar-refractivity contribution is 6.63. The second kappa shape index (κ2) is 8.32. The monoisotopic (exact) mass is 419 g/mol. The number of carbonyl (C=O) groups is 2. The molecule has 0 aromatic heterocycles. The number of ether oxygens (including phenoxy) is 1. The van der Waals surface area contributed by atoms with Gasteiger partial charge in [-0.05, 0) is 90.5 Å². The van der Waals surface area contributed by atoms with Crippen LogP contribution in [0.2, 0.25) is 0 Å². The van der Waals surface area contributed by atoms with E-state index in [0.717, 1.165) is 16.6 Å². The molecular formula is C22H34BNO6. The quantitative estimate of drug-likeness (QED) is 0.541. The smallest absolute Gasteiger partial charge is 0.478 e. The highest BCUT2D eigenvalue weighted by atomic mass is 16.7. The summed E-state index contributed by atoms with van der Waals surface area (Å²) >= 11 is 0. The van der Waals surface area contributed by atoms with E-state index < -0.39 is 29.9 Å². The molecule has 1 aromatic rings. The summed E-state index contributed by atoms with van der Waals surface area (Å²) < 4.78 is 17.7. The van der Waals surface area contributed by atoms with Gasteiger partial charge in [-0.2, -0.15) is 0 Å². The van der Waals surface area contributed by atoms with Crippen LogP contribution in [-0.2, 0) is 25.4 Å². The van der Waals surface area contributed by atoms with Crippen LogP contribution in [0, 0.1) is 13.8 Å². The fraction of sp³-hybridized carbons (Fsp3) is 0.636. The lowest BCUT2D eigenvalue weighted by Gasteiger charge is -2.32. The van der Waals surface area contributed by atoms with Crippen LogP contribution in [0.25, 0.3) is 0 Å². The van der Waals surface area contributed by atoms with Crippen molar-refractivity contribution in [2.75, 3.05) is 6.54 Å². The maximum Gasteiger partial charge on any atom is 0.495 e. The lowest BCUT2D eigenvalue weighted by Crippen LogP contribution is -2.41. The molecule has 1 aliphatic rings. The molecule has 0 aliphatic carbocycles. The van der Waals surface area contributed by atoms with Crippen molar-refractivity contribution in [2.45, 2.75) is 85.7 Å². The molecule has 0 unspecified atom stereocenters. The van der Waals surface area contributed by atoms with Crippen LogP contribution in [-0.4, -0.2) is 47.5 Å². The molecule has 7 nitrogen and oxygen atoms in total. The van der Waals surface area contributed by atoms with E-state index in [2.05, 4.69) is 5.32 Å². The molecule has 1 aromatic carbocycles. The van der Waals surface area contributed by atoms with Gasteiger partial charge in [-0.15, -0.1) is 0 Å². The van der Waals surface area contributed by atoms with Crippen molar-refractivity contribution in [2.24, 2.45) is 0 Å². The Labute approximate surface area is 179 Å². The van der Waals surface area contributed by atoms with Gasteiger partial charge < -0.3 is 24.5 Å². The molecule has 2 N–H and O–H groups in total. The van der Waals surface area contributed by atoms with Gasteiger partial charge in [-0.25, -0.2) is 4.79 Å². The topological polar surface area (TPSA) is 94.1 Å². The molecule has 0 spiro atoms. The molecule has 1 fully saturated rings. The van der Waals surface area contributed by atoms with Crippen LogP contribution >= 0.6 is 0 Å². The number of aromatic carboxylic acids is 1. The van der Waals surface area contributed by atoms with Gasteiger partial charge >= 0.3 is 19.1 Å². The van der Waals surface area contributed by atoms with E-state index in [0.29, 0.717) is 12.1 Å². The van der Waals surface area contributed by atoms with Crippen LogP contribution in [0.1, 0.15) is 75.5 Å². The highest BCUT2D eigenvalue weighted by Crippen LogP contribution is 2.37. The third-order valence-electron chi connectivity index (χ3n) is 5.74. The van der Waals surface area contributed by atoms with Gasteiger partial charge in [-0.3, -0.25) is 4.79 Å². The fourth-order valence-electron chi connectivity index (χ4n) is 3.39. The Balaban J connectivity index is 2.33. The molecule has 166 valence electrons. The van der Waals surface area contributed by atoms with Crippen LogP contribution in [0.3, 0.4) is 0 Å². The van der Waals surface area contributed by atoms with Crippen LogP contribution in [0.5, 0.6) is 0 Å². The van der Waals surface area contributed by atoms with Gasteiger partial charge in [0.1, 0.15) is 5.60 Å². The third kappa shape index (κ3) is 5.23. The predicted molar refractivity (Wildman–Crippen MR) is 116 cm³/mol. The summed E-state index contributed by atoms with van der Waals surface area (Å²) in [7, 11) is -0.668. The number of nitrogens with one attached hydrogen (secondary N) is 1. The summed E-state index contributed by atoms with van der Waals surface area (Å²) in [6.07, 6.45) is 0. The Morgan fingerprint density at radius 2 is 1.63 bits per heavy atom. The van der Waals surface area contributed by atoms with Crippen LogP contribution < -0.4 is 10.8 Å². The zero-order valence-electron chi connectivity index (χ0n) is 19.6. The van der Waals surface area contributed by atoms with Gasteiger partial charge in [0.25, 0.3) is 0 Å². The summed E-state index contributed by atoms with van der Waals surface area (Å²) in [5.74, 6) is -1.38. The summed E-state index contributed by atoms with van der Waals surface area (Å²) in [5, 5.41) is 12.8. The number of carboxylic acid groups (broad SMARTS) is 1. The highest BCUT2D eigenvalue weighted by Gasteiger charge is 2.52. The molecule has 0 amide bonds. The van der Waals surface area contributed by atoms with Gasteiger partial charge in [-0.1, -0.05) is 0 Å². The normalized spacial score (nSPS) is 17.8. The van der Waals surface area contributed by atoms with E-state index >= 15 is 0 Å². The van der Waals surface area contributed by atoms with Crippen molar-refractivity contribution in [3.63, 3.8) is 0 Å². The SMILES string of the molecule is Cc1c(CNCC(=O)OC(C)(C)C)cc(C(=O)O)c(C)c1B1OC(C)(C)C(C)(C)O1. The van der Waals surface area contributed by atoms with E-state index in [4.69, 9.17) is 14.0 Å². The first-order chi connectivity index (χ1) is 13.6. The summed E-state index contributed by atoms with van der Waals surface area (Å²) in [6.45, 7) is 17.3. The lowest BCUT2D eigenvalue weighted by atomic mass is 9.71. The van der Waals surface area contributed by atoms with Gasteiger partial charge in [0.2, 0.25) is 0 Å². The molecule has 1 aliphatic heterocycles. The van der Waals surface area contributed by atoms with Crippen LogP contribution in [0.15, 0.2) is 6.07 Å². The molecule has 1 saturated heterocycles. The van der Waals surface area contributed by atoms with Crippen molar-refractivity contribution in [1.82, 2.24) is 5.32 Å². The molecule has 0 atom stereocenters. The van der Waals surface area contributed by atoms with E-state index in [1.165, 1.54) is 0 Å². The molecule has 8 heteroatoms. The molecular weight excluding hydrogens is 385 g/mol. The number of hydrogen-bond acceptors (Lipinski definition) is 6. The number of carboxylic acids is 1. The van der Waals surface area contributed by atoms with Crippen molar-refractivity contribution < 1.29 is 28.7 Å². The van der Waals surface area contributed by atoms with Gasteiger partial charge in [0, 0.05) is 6.54 Å². The number of rotatable bonds is 6. The Hall–Kier alpha value is -1.90. The largest absolute Gasteiger partial charge is 0.495 e. The fourth-order valence-corrected chi connectivity index (χ4v) is 3.39. The first-order valence-electron chi connectivity index (χ1n) is 10.2. The minimum atomic E-state index is -1.02. The molecule has 2 rings (SSSR count). The molecule has 0 saturated carbocycles. The Bertz CT molecular complexity index is 825. The predicted octanol–water partition coefficient (Wildman–Crippen LogP) is 2.73. The minimum Gasteiger partial charge on any atom is -0.478 e. The number of hydrogen-bond donors (Lipinski definition) is 2. The van der Waals surface area contributed by atoms with E-state index in [9.17, 15) is 14.7 Å². The van der Waals surface area contributed by atoms with Gasteiger partial charge in [0.05, 0.1) is 23.3 Å². The summed E-state index contributed by atoms with van der Waals surface area (Å²) in [5.41, 5.74) is 1.56. The maximum absolute atomic E-state index is 12.0. The third-order valence-corrected chi connectivity index (χ3v) is 5.74. The Kier molecular flexibility index (Phi) is 6.76. The van der Waals surface area contributed by atoms with E-state index in [1.807, 2.05) is 55.4 Å². The van der Waals surface area contributed by atoms with Crippen molar-refractivity contribution in [1.29, 1.82) is 0 Å². The van der Waals surface area contributed by atoms with Crippen molar-refractivity contribution >= 4 is 24.5 Å². The molecule has 30 heavy (non-hydrogen) atoms. The lowest BCUT2D eigenvalue weighted by molar-refractivity contribution is -0.153. The van der Waals surface area contributed by atoms with Crippen molar-refractivity contribution in [3.8, 4) is 0 Å². The number of esters is 1. The molecule has 0 bridgehead atoms. The zero-order valence-corrected chi connectivity index (χ0v) is 19.6.